The van der Waals surface area contributed by atoms with E-state index in [2.05, 4.69) is 34.9 Å². The van der Waals surface area contributed by atoms with Gasteiger partial charge in [-0.05, 0) is 49.1 Å². The van der Waals surface area contributed by atoms with Crippen LogP contribution in [0.25, 0.3) is 0 Å². The van der Waals surface area contributed by atoms with E-state index in [0.717, 1.165) is 18.8 Å². The molecular weight excluding hydrogens is 248 g/mol. The number of aryl methyl sites for hydroxylation is 1. The van der Waals surface area contributed by atoms with Crippen molar-refractivity contribution >= 4 is 5.82 Å². The normalized spacial score (nSPS) is 12.2. The van der Waals surface area contributed by atoms with E-state index < -0.39 is 0 Å². The monoisotopic (exact) mass is 270 g/mol. The number of nitrogens with zero attached hydrogens (tertiary/aromatic N) is 3. The maximum absolute atomic E-state index is 5.83. The predicted octanol–water partition coefficient (Wildman–Crippen LogP) is 2.31. The first-order valence-corrected chi connectivity index (χ1v) is 6.87. The molecule has 106 valence electrons. The molecule has 0 aliphatic rings. The van der Waals surface area contributed by atoms with E-state index in [1.807, 2.05) is 37.6 Å². The van der Waals surface area contributed by atoms with Crippen molar-refractivity contribution in [2.45, 2.75) is 32.9 Å². The Morgan fingerprint density at radius 3 is 2.55 bits per heavy atom. The number of nitrogens with two attached hydrogens (primary N) is 1. The van der Waals surface area contributed by atoms with Crippen molar-refractivity contribution in [1.82, 2.24) is 9.97 Å². The summed E-state index contributed by atoms with van der Waals surface area (Å²) in [5.74, 6) is 1.01. The summed E-state index contributed by atoms with van der Waals surface area (Å²) in [5.41, 5.74) is 9.43. The highest BCUT2D eigenvalue weighted by Gasteiger charge is 2.08. The van der Waals surface area contributed by atoms with Crippen LogP contribution in [0.15, 0.2) is 36.8 Å². The molecule has 2 aromatic heterocycles. The standard InChI is InChI=1S/C16H22N4/c1-12-8-15(9-13(2)17)10-19-16(12)20(3)11-14-4-6-18-7-5-14/h4-8,10,13H,9,11,17H2,1-3H3. The summed E-state index contributed by atoms with van der Waals surface area (Å²) in [7, 11) is 2.06. The van der Waals surface area contributed by atoms with Gasteiger partial charge in [0.2, 0.25) is 0 Å². The highest BCUT2D eigenvalue weighted by atomic mass is 15.2. The highest BCUT2D eigenvalue weighted by Crippen LogP contribution is 2.19. The SMILES string of the molecule is Cc1cc(CC(C)N)cnc1N(C)Cc1ccncc1. The summed E-state index contributed by atoms with van der Waals surface area (Å²) >= 11 is 0. The molecule has 1 atom stereocenters. The van der Waals surface area contributed by atoms with Gasteiger partial charge in [0.25, 0.3) is 0 Å². The average Bonchev–Trinajstić information content (AvgIpc) is 2.39. The number of pyridine rings is 2. The van der Waals surface area contributed by atoms with Gasteiger partial charge < -0.3 is 10.6 Å². The van der Waals surface area contributed by atoms with Crippen molar-refractivity contribution in [3.8, 4) is 0 Å². The minimum atomic E-state index is 0.164. The predicted molar refractivity (Wildman–Crippen MR) is 82.7 cm³/mol. The molecule has 2 N–H and O–H groups in total. The number of aromatic nitrogens is 2. The van der Waals surface area contributed by atoms with Gasteiger partial charge in [-0.2, -0.15) is 0 Å². The van der Waals surface area contributed by atoms with Crippen LogP contribution in [0.4, 0.5) is 5.82 Å². The molecule has 1 unspecified atom stereocenters. The van der Waals surface area contributed by atoms with Gasteiger partial charge in [-0.15, -0.1) is 0 Å². The Morgan fingerprint density at radius 1 is 1.25 bits per heavy atom. The van der Waals surface area contributed by atoms with Crippen LogP contribution >= 0.6 is 0 Å². The molecule has 4 heteroatoms. The molecule has 0 bridgehead atoms. The molecule has 0 radical (unpaired) electrons. The molecular formula is C16H22N4. The van der Waals surface area contributed by atoms with Crippen LogP contribution in [0.3, 0.4) is 0 Å². The summed E-state index contributed by atoms with van der Waals surface area (Å²) in [6, 6.07) is 6.39. The van der Waals surface area contributed by atoms with Crippen molar-refractivity contribution in [1.29, 1.82) is 0 Å². The van der Waals surface area contributed by atoms with E-state index in [0.29, 0.717) is 0 Å². The third kappa shape index (κ3) is 3.78. The molecule has 4 nitrogen and oxygen atoms in total. The maximum atomic E-state index is 5.83. The molecule has 0 spiro atoms. The van der Waals surface area contributed by atoms with Gasteiger partial charge >= 0.3 is 0 Å². The molecule has 2 heterocycles. The van der Waals surface area contributed by atoms with Gasteiger partial charge in [0.1, 0.15) is 5.82 Å². The van der Waals surface area contributed by atoms with Crippen LogP contribution in [0, 0.1) is 6.92 Å². The molecule has 0 saturated carbocycles. The largest absolute Gasteiger partial charge is 0.355 e. The van der Waals surface area contributed by atoms with Crippen molar-refractivity contribution < 1.29 is 0 Å². The molecule has 0 aliphatic carbocycles. The van der Waals surface area contributed by atoms with E-state index in [4.69, 9.17) is 5.73 Å². The zero-order chi connectivity index (χ0) is 14.5. The zero-order valence-corrected chi connectivity index (χ0v) is 12.4. The van der Waals surface area contributed by atoms with Gasteiger partial charge in [-0.1, -0.05) is 6.07 Å². The average molecular weight is 270 g/mol. The third-order valence-corrected chi connectivity index (χ3v) is 3.20. The van der Waals surface area contributed by atoms with E-state index in [1.54, 1.807) is 0 Å². The molecule has 0 saturated heterocycles. The maximum Gasteiger partial charge on any atom is 0.131 e. The van der Waals surface area contributed by atoms with E-state index >= 15 is 0 Å². The van der Waals surface area contributed by atoms with Crippen LogP contribution in [-0.4, -0.2) is 23.1 Å². The second-order valence-electron chi connectivity index (χ2n) is 5.38. The Kier molecular flexibility index (Phi) is 4.69. The highest BCUT2D eigenvalue weighted by molar-refractivity contribution is 5.47. The summed E-state index contributed by atoms with van der Waals surface area (Å²) < 4.78 is 0. The third-order valence-electron chi connectivity index (χ3n) is 3.20. The van der Waals surface area contributed by atoms with E-state index in [9.17, 15) is 0 Å². The quantitative estimate of drug-likeness (QED) is 0.906. The molecule has 0 aliphatic heterocycles. The summed E-state index contributed by atoms with van der Waals surface area (Å²) in [4.78, 5) is 10.8. The topological polar surface area (TPSA) is 55.0 Å². The number of anilines is 1. The minimum absolute atomic E-state index is 0.164. The Labute approximate surface area is 120 Å². The number of rotatable bonds is 5. The van der Waals surface area contributed by atoms with Crippen molar-refractivity contribution in [3.05, 3.63) is 53.5 Å². The lowest BCUT2D eigenvalue weighted by Gasteiger charge is -2.21. The second kappa shape index (κ2) is 6.48. The Hall–Kier alpha value is -1.94. The second-order valence-corrected chi connectivity index (χ2v) is 5.38. The fraction of sp³-hybridized carbons (Fsp3) is 0.375. The molecule has 20 heavy (non-hydrogen) atoms. The van der Waals surface area contributed by atoms with E-state index in [1.165, 1.54) is 16.7 Å². The van der Waals surface area contributed by atoms with Crippen LogP contribution in [0.5, 0.6) is 0 Å². The lowest BCUT2D eigenvalue weighted by atomic mass is 10.1. The lowest BCUT2D eigenvalue weighted by molar-refractivity contribution is 0.734. The Balaban J connectivity index is 2.12. The van der Waals surface area contributed by atoms with Crippen molar-refractivity contribution in [3.63, 3.8) is 0 Å². The first-order chi connectivity index (χ1) is 9.56. The van der Waals surface area contributed by atoms with Gasteiger partial charge in [-0.25, -0.2) is 4.98 Å². The van der Waals surface area contributed by atoms with Gasteiger partial charge in [-0.3, -0.25) is 4.98 Å². The first-order valence-electron chi connectivity index (χ1n) is 6.87. The number of hydrogen-bond acceptors (Lipinski definition) is 4. The van der Waals surface area contributed by atoms with Crippen LogP contribution in [0.2, 0.25) is 0 Å². The van der Waals surface area contributed by atoms with Crippen LogP contribution < -0.4 is 10.6 Å². The summed E-state index contributed by atoms with van der Waals surface area (Å²) in [6.45, 7) is 4.93. The fourth-order valence-electron chi connectivity index (χ4n) is 2.35. The molecule has 2 rings (SSSR count). The van der Waals surface area contributed by atoms with Crippen molar-refractivity contribution in [2.75, 3.05) is 11.9 Å². The van der Waals surface area contributed by atoms with Gasteiger partial charge in [0.15, 0.2) is 0 Å². The Morgan fingerprint density at radius 2 is 1.95 bits per heavy atom. The minimum Gasteiger partial charge on any atom is -0.355 e. The van der Waals surface area contributed by atoms with E-state index in [-0.39, 0.29) is 6.04 Å². The summed E-state index contributed by atoms with van der Waals surface area (Å²) in [5, 5.41) is 0. The molecule has 0 fully saturated rings. The Bertz CT molecular complexity index is 552. The number of hydrogen-bond donors (Lipinski definition) is 1. The molecule has 0 aromatic carbocycles. The summed E-state index contributed by atoms with van der Waals surface area (Å²) in [6.07, 6.45) is 6.42. The fourth-order valence-corrected chi connectivity index (χ4v) is 2.35. The van der Waals surface area contributed by atoms with Gasteiger partial charge in [0.05, 0.1) is 0 Å². The molecule has 0 amide bonds. The lowest BCUT2D eigenvalue weighted by Crippen LogP contribution is -2.20. The smallest absolute Gasteiger partial charge is 0.131 e. The molecule has 2 aromatic rings. The first kappa shape index (κ1) is 14.5. The van der Waals surface area contributed by atoms with Gasteiger partial charge in [0, 0.05) is 38.2 Å². The van der Waals surface area contributed by atoms with Crippen LogP contribution in [-0.2, 0) is 13.0 Å². The van der Waals surface area contributed by atoms with Crippen LogP contribution in [0.1, 0.15) is 23.6 Å². The zero-order valence-electron chi connectivity index (χ0n) is 12.4. The van der Waals surface area contributed by atoms with Crippen molar-refractivity contribution in [2.24, 2.45) is 5.73 Å².